The Morgan fingerprint density at radius 3 is 2.05 bits per heavy atom. The van der Waals surface area contributed by atoms with Gasteiger partial charge in [0.25, 0.3) is 5.91 Å². The number of carbonyl (C=O) groups is 3. The van der Waals surface area contributed by atoms with Crippen LogP contribution in [0.3, 0.4) is 0 Å². The Morgan fingerprint density at radius 1 is 1.09 bits per heavy atom. The molecule has 0 spiro atoms. The fraction of sp³-hybridized carbons (Fsp3) is 0.308. The fourth-order valence-corrected chi connectivity index (χ4v) is 1.54. The van der Waals surface area contributed by atoms with Crippen molar-refractivity contribution in [3.8, 4) is 0 Å². The van der Waals surface area contributed by atoms with Crippen molar-refractivity contribution in [2.45, 2.75) is 18.9 Å². The molecule has 0 saturated carbocycles. The second-order valence-corrected chi connectivity index (χ2v) is 4.08. The first kappa shape index (κ1) is 23.7. The molecule has 0 heterocycles. The number of carboxylic acids is 2. The van der Waals surface area contributed by atoms with Gasteiger partial charge in [-0.3, -0.25) is 4.79 Å². The van der Waals surface area contributed by atoms with Crippen LogP contribution in [0, 0.1) is 0 Å². The zero-order chi connectivity index (χ0) is 15.1. The number of nitrogens with one attached hydrogen (secondary N) is 2. The Morgan fingerprint density at radius 2 is 1.64 bits per heavy atom. The molecule has 1 rings (SSSR count). The summed E-state index contributed by atoms with van der Waals surface area (Å²) >= 11 is 0. The van der Waals surface area contributed by atoms with Crippen LogP contribution in [0.25, 0.3) is 0 Å². The summed E-state index contributed by atoms with van der Waals surface area (Å²) in [7, 11) is 1.72. The van der Waals surface area contributed by atoms with E-state index in [4.69, 9.17) is 0 Å². The van der Waals surface area contributed by atoms with Crippen LogP contribution in [-0.2, 0) is 9.59 Å². The number of hydrogen-bond acceptors (Lipinski definition) is 6. The summed E-state index contributed by atoms with van der Waals surface area (Å²) < 4.78 is 0. The van der Waals surface area contributed by atoms with Crippen LogP contribution in [0.1, 0.15) is 23.2 Å². The van der Waals surface area contributed by atoms with E-state index in [1.807, 2.05) is 0 Å². The minimum absolute atomic E-state index is 0. The third-order valence-corrected chi connectivity index (χ3v) is 2.66. The summed E-state index contributed by atoms with van der Waals surface area (Å²) in [5.74, 6) is -3.53. The van der Waals surface area contributed by atoms with Gasteiger partial charge < -0.3 is 30.4 Å². The molecule has 1 atom stereocenters. The quantitative estimate of drug-likeness (QED) is 0.481. The van der Waals surface area contributed by atoms with Crippen LogP contribution >= 0.6 is 0 Å². The van der Waals surface area contributed by atoms with Gasteiger partial charge in [0.1, 0.15) is 0 Å². The van der Waals surface area contributed by atoms with Gasteiger partial charge in [0.2, 0.25) is 0 Å². The van der Waals surface area contributed by atoms with E-state index in [-0.39, 0.29) is 71.1 Å². The maximum absolute atomic E-state index is 11.8. The molecule has 0 fully saturated rings. The Balaban J connectivity index is 0. The maximum Gasteiger partial charge on any atom is 1.00 e. The number of amides is 1. The van der Waals surface area contributed by atoms with Crippen molar-refractivity contribution in [1.29, 1.82) is 0 Å². The molecule has 0 saturated heterocycles. The average molecular weight is 324 g/mol. The minimum Gasteiger partial charge on any atom is -0.550 e. The molecule has 7 nitrogen and oxygen atoms in total. The molecular weight excluding hydrogens is 310 g/mol. The number of hydrogen-bond donors (Lipinski definition) is 2. The zero-order valence-electron chi connectivity index (χ0n) is 12.8. The molecule has 0 aliphatic heterocycles. The Labute approximate surface area is 172 Å². The topological polar surface area (TPSA) is 121 Å². The molecule has 1 amide bonds. The van der Waals surface area contributed by atoms with Crippen molar-refractivity contribution in [3.63, 3.8) is 0 Å². The SMILES string of the molecule is CNc1ccc(C(=O)NC(CCC(=O)[O-])C(=O)[O-])cc1.[Na+].[Na+]. The summed E-state index contributed by atoms with van der Waals surface area (Å²) in [6.45, 7) is 0. The van der Waals surface area contributed by atoms with Gasteiger partial charge in [0.15, 0.2) is 0 Å². The molecule has 0 bridgehead atoms. The maximum atomic E-state index is 11.8. The molecule has 0 aromatic heterocycles. The van der Waals surface area contributed by atoms with E-state index in [1.54, 1.807) is 19.2 Å². The fourth-order valence-electron chi connectivity index (χ4n) is 1.54. The molecule has 2 N–H and O–H groups in total. The number of carbonyl (C=O) groups excluding carboxylic acids is 3. The van der Waals surface area contributed by atoms with Crippen LogP contribution in [0.2, 0.25) is 0 Å². The van der Waals surface area contributed by atoms with Crippen LogP contribution < -0.4 is 80.0 Å². The van der Waals surface area contributed by atoms with Crippen molar-refractivity contribution in [2.24, 2.45) is 0 Å². The van der Waals surface area contributed by atoms with Crippen molar-refractivity contribution in [1.82, 2.24) is 5.32 Å². The van der Waals surface area contributed by atoms with Crippen molar-refractivity contribution < 1.29 is 83.7 Å². The van der Waals surface area contributed by atoms with Crippen molar-refractivity contribution >= 4 is 23.5 Å². The molecule has 0 aliphatic rings. The second-order valence-electron chi connectivity index (χ2n) is 4.08. The summed E-state index contributed by atoms with van der Waals surface area (Å²) in [5, 5.41) is 26.2. The standard InChI is InChI=1S/C13H16N2O5.2Na/c1-14-9-4-2-8(3-5-9)12(18)15-10(13(19)20)6-7-11(16)17;;/h2-5,10,14H,6-7H2,1H3,(H,15,18)(H,16,17)(H,19,20);;/q;2*+1/p-2. The van der Waals surface area contributed by atoms with Gasteiger partial charge in [-0.1, -0.05) is 0 Å². The third kappa shape index (κ3) is 8.17. The van der Waals surface area contributed by atoms with Crippen molar-refractivity contribution in [2.75, 3.05) is 12.4 Å². The minimum atomic E-state index is -1.54. The first-order valence-corrected chi connectivity index (χ1v) is 5.93. The van der Waals surface area contributed by atoms with Crippen molar-refractivity contribution in [3.05, 3.63) is 29.8 Å². The summed E-state index contributed by atoms with van der Waals surface area (Å²) in [6.07, 6.45) is -0.761. The van der Waals surface area contributed by atoms with Gasteiger partial charge >= 0.3 is 59.1 Å². The molecule has 0 radical (unpaired) electrons. The molecule has 108 valence electrons. The molecule has 1 unspecified atom stereocenters. The predicted molar refractivity (Wildman–Crippen MR) is 66.5 cm³/mol. The summed E-state index contributed by atoms with van der Waals surface area (Å²) in [4.78, 5) is 33.0. The molecule has 1 aromatic rings. The Kier molecular flexibility index (Phi) is 12.8. The summed E-state index contributed by atoms with van der Waals surface area (Å²) in [5.41, 5.74) is 1.07. The molecular formula is C13H14N2Na2O5. The predicted octanol–water partition coefficient (Wildman–Crippen LogP) is -7.89. The number of rotatable bonds is 7. The van der Waals surface area contributed by atoms with E-state index in [1.165, 1.54) is 12.1 Å². The van der Waals surface area contributed by atoms with Crippen LogP contribution in [0.4, 0.5) is 5.69 Å². The van der Waals surface area contributed by atoms with E-state index in [0.717, 1.165) is 5.69 Å². The molecule has 0 aliphatic carbocycles. The number of carboxylic acid groups (broad SMARTS) is 2. The van der Waals surface area contributed by atoms with Crippen LogP contribution in [0.5, 0.6) is 0 Å². The molecule has 9 heteroatoms. The van der Waals surface area contributed by atoms with Gasteiger partial charge in [-0.25, -0.2) is 0 Å². The van der Waals surface area contributed by atoms with Gasteiger partial charge in [0.05, 0.1) is 12.0 Å². The first-order valence-electron chi connectivity index (χ1n) is 5.93. The summed E-state index contributed by atoms with van der Waals surface area (Å²) in [6, 6.07) is 4.98. The zero-order valence-corrected chi connectivity index (χ0v) is 16.8. The van der Waals surface area contributed by atoms with E-state index >= 15 is 0 Å². The smallest absolute Gasteiger partial charge is 0.550 e. The van der Waals surface area contributed by atoms with Gasteiger partial charge in [0, 0.05) is 24.3 Å². The van der Waals surface area contributed by atoms with Gasteiger partial charge in [-0.15, -0.1) is 0 Å². The van der Waals surface area contributed by atoms with E-state index in [0.29, 0.717) is 0 Å². The van der Waals surface area contributed by atoms with E-state index < -0.39 is 30.3 Å². The number of anilines is 1. The first-order chi connectivity index (χ1) is 9.43. The third-order valence-electron chi connectivity index (χ3n) is 2.66. The second kappa shape index (κ2) is 11.9. The van der Waals surface area contributed by atoms with Crippen LogP contribution in [0.15, 0.2) is 24.3 Å². The normalized spacial score (nSPS) is 10.4. The van der Waals surface area contributed by atoms with Gasteiger partial charge in [-0.05, 0) is 37.1 Å². The molecule has 1 aromatic carbocycles. The molecule has 22 heavy (non-hydrogen) atoms. The number of benzene rings is 1. The largest absolute Gasteiger partial charge is 1.00 e. The number of aliphatic carboxylic acids is 2. The van der Waals surface area contributed by atoms with E-state index in [9.17, 15) is 24.6 Å². The Bertz CT molecular complexity index is 508. The average Bonchev–Trinajstić information content (AvgIpc) is 2.42. The monoisotopic (exact) mass is 324 g/mol. The van der Waals surface area contributed by atoms with Crippen LogP contribution in [-0.4, -0.2) is 30.9 Å². The Hall–Kier alpha value is -0.570. The van der Waals surface area contributed by atoms with E-state index in [2.05, 4.69) is 10.6 Å². The van der Waals surface area contributed by atoms with Gasteiger partial charge in [-0.2, -0.15) is 0 Å².